The number of carbonyl (C=O) groups is 3. The van der Waals surface area contributed by atoms with Crippen LogP contribution < -0.4 is 10.6 Å². The third-order valence-electron chi connectivity index (χ3n) is 4.33. The summed E-state index contributed by atoms with van der Waals surface area (Å²) < 4.78 is 0. The summed E-state index contributed by atoms with van der Waals surface area (Å²) in [6.45, 7) is 0. The van der Waals surface area contributed by atoms with Crippen LogP contribution in [0.25, 0.3) is 0 Å². The molecule has 10 nitrogen and oxygen atoms in total. The van der Waals surface area contributed by atoms with Gasteiger partial charge in [0.25, 0.3) is 11.6 Å². The zero-order valence-corrected chi connectivity index (χ0v) is 17.7. The predicted octanol–water partition coefficient (Wildman–Crippen LogP) is 3.98. The second kappa shape index (κ2) is 10.3. The number of carboxylic acids is 1. The average Bonchev–Trinajstić information content (AvgIpc) is 2.79. The summed E-state index contributed by atoms with van der Waals surface area (Å²) >= 11 is 1.24. The number of thioether (sulfide) groups is 1. The molecule has 0 aromatic heterocycles. The van der Waals surface area contributed by atoms with Crippen LogP contribution in [0.5, 0.6) is 5.75 Å². The van der Waals surface area contributed by atoms with Gasteiger partial charge in [0.1, 0.15) is 11.3 Å². The fraction of sp³-hybridized carbons (Fsp3) is 0.0455. The lowest BCUT2D eigenvalue weighted by Gasteiger charge is -2.08. The maximum atomic E-state index is 12.3. The maximum Gasteiger partial charge on any atom is 0.339 e. The average molecular weight is 467 g/mol. The SMILES string of the molecule is O=C(CSc1ccc(NC(=O)c2ccc([N+](=O)[O-])cc2)cc1)Nc1ccc(O)c(C(=O)O)c1. The number of benzene rings is 3. The summed E-state index contributed by atoms with van der Waals surface area (Å²) in [5.74, 6) is -2.43. The van der Waals surface area contributed by atoms with E-state index in [-0.39, 0.29) is 34.2 Å². The van der Waals surface area contributed by atoms with Gasteiger partial charge >= 0.3 is 5.97 Å². The van der Waals surface area contributed by atoms with Crippen molar-refractivity contribution in [2.24, 2.45) is 0 Å². The highest BCUT2D eigenvalue weighted by atomic mass is 32.2. The van der Waals surface area contributed by atoms with Crippen molar-refractivity contribution in [1.82, 2.24) is 0 Å². The molecule has 0 fully saturated rings. The first-order valence-electron chi connectivity index (χ1n) is 9.38. The summed E-state index contributed by atoms with van der Waals surface area (Å²) in [6.07, 6.45) is 0. The molecule has 33 heavy (non-hydrogen) atoms. The zero-order valence-electron chi connectivity index (χ0n) is 16.8. The van der Waals surface area contributed by atoms with Crippen molar-refractivity contribution in [2.45, 2.75) is 4.90 Å². The number of nitro groups is 1. The van der Waals surface area contributed by atoms with Crippen LogP contribution in [0, 0.1) is 10.1 Å². The topological polar surface area (TPSA) is 159 Å². The van der Waals surface area contributed by atoms with Gasteiger partial charge in [0, 0.05) is 34.0 Å². The molecule has 4 N–H and O–H groups in total. The van der Waals surface area contributed by atoms with Crippen LogP contribution in [0.2, 0.25) is 0 Å². The van der Waals surface area contributed by atoms with Crippen molar-refractivity contribution in [3.05, 3.63) is 88.0 Å². The molecule has 2 amide bonds. The lowest BCUT2D eigenvalue weighted by Crippen LogP contribution is -2.14. The third-order valence-corrected chi connectivity index (χ3v) is 5.35. The molecule has 3 aromatic rings. The number of nitrogens with one attached hydrogen (secondary N) is 2. The summed E-state index contributed by atoms with van der Waals surface area (Å²) in [4.78, 5) is 46.4. The second-order valence-corrected chi connectivity index (χ2v) is 7.71. The Morgan fingerprint density at radius 1 is 0.909 bits per heavy atom. The van der Waals surface area contributed by atoms with Crippen molar-refractivity contribution in [1.29, 1.82) is 0 Å². The van der Waals surface area contributed by atoms with Gasteiger partial charge in [-0.25, -0.2) is 4.79 Å². The Labute approximate surface area is 191 Å². The van der Waals surface area contributed by atoms with E-state index < -0.39 is 22.5 Å². The molecule has 3 rings (SSSR count). The van der Waals surface area contributed by atoms with Crippen LogP contribution >= 0.6 is 11.8 Å². The quantitative estimate of drug-likeness (QED) is 0.168. The summed E-state index contributed by atoms with van der Waals surface area (Å²) in [5, 5.41) is 34.5. The molecule has 0 atom stereocenters. The van der Waals surface area contributed by atoms with Gasteiger partial charge in [-0.05, 0) is 54.6 Å². The Hall–Kier alpha value is -4.38. The molecule has 0 radical (unpaired) electrons. The van der Waals surface area contributed by atoms with Crippen LogP contribution in [0.15, 0.2) is 71.6 Å². The largest absolute Gasteiger partial charge is 0.507 e. The van der Waals surface area contributed by atoms with E-state index in [0.717, 1.165) is 4.90 Å². The summed E-state index contributed by atoms with van der Waals surface area (Å²) in [7, 11) is 0. The van der Waals surface area contributed by atoms with Gasteiger partial charge in [-0.1, -0.05) is 0 Å². The summed E-state index contributed by atoms with van der Waals surface area (Å²) in [6, 6.07) is 15.7. The number of nitrogens with zero attached hydrogens (tertiary/aromatic N) is 1. The number of anilines is 2. The number of non-ortho nitro benzene ring substituents is 1. The fourth-order valence-corrected chi connectivity index (χ4v) is 3.40. The second-order valence-electron chi connectivity index (χ2n) is 6.66. The Morgan fingerprint density at radius 2 is 1.55 bits per heavy atom. The minimum absolute atomic E-state index is 0.0534. The van der Waals surface area contributed by atoms with E-state index in [1.807, 2.05) is 0 Å². The fourth-order valence-electron chi connectivity index (χ4n) is 2.70. The van der Waals surface area contributed by atoms with Gasteiger partial charge in [-0.3, -0.25) is 19.7 Å². The van der Waals surface area contributed by atoms with Crippen LogP contribution in [-0.4, -0.2) is 38.7 Å². The number of carbonyl (C=O) groups excluding carboxylic acids is 2. The molecule has 3 aromatic carbocycles. The van der Waals surface area contributed by atoms with Gasteiger partial charge in [0.15, 0.2) is 0 Å². The number of phenols is 1. The van der Waals surface area contributed by atoms with Crippen LogP contribution in [0.3, 0.4) is 0 Å². The first-order chi connectivity index (χ1) is 15.7. The Balaban J connectivity index is 1.52. The normalized spacial score (nSPS) is 10.3. The Morgan fingerprint density at radius 3 is 2.15 bits per heavy atom. The number of hydrogen-bond acceptors (Lipinski definition) is 7. The van der Waals surface area contributed by atoms with Crippen LogP contribution in [-0.2, 0) is 4.79 Å². The molecule has 0 heterocycles. The van der Waals surface area contributed by atoms with Gasteiger partial charge in [0.05, 0.1) is 10.7 Å². The van der Waals surface area contributed by atoms with E-state index in [9.17, 15) is 29.6 Å². The highest BCUT2D eigenvalue weighted by molar-refractivity contribution is 8.00. The Kier molecular flexibility index (Phi) is 7.26. The highest BCUT2D eigenvalue weighted by Gasteiger charge is 2.12. The van der Waals surface area contributed by atoms with E-state index >= 15 is 0 Å². The van der Waals surface area contributed by atoms with Crippen molar-refractivity contribution in [3.8, 4) is 5.75 Å². The van der Waals surface area contributed by atoms with Crippen molar-refractivity contribution < 1.29 is 29.5 Å². The van der Waals surface area contributed by atoms with Crippen LogP contribution in [0.1, 0.15) is 20.7 Å². The number of nitro benzene ring substituents is 1. The molecule has 0 aliphatic heterocycles. The molecular weight excluding hydrogens is 450 g/mol. The highest BCUT2D eigenvalue weighted by Crippen LogP contribution is 2.24. The maximum absolute atomic E-state index is 12.3. The molecule has 0 unspecified atom stereocenters. The molecule has 0 saturated heterocycles. The molecular formula is C22H17N3O7S. The van der Waals surface area contributed by atoms with Crippen molar-refractivity contribution >= 4 is 46.6 Å². The molecule has 168 valence electrons. The van der Waals surface area contributed by atoms with Crippen molar-refractivity contribution in [2.75, 3.05) is 16.4 Å². The van der Waals surface area contributed by atoms with Gasteiger partial charge in [0.2, 0.25) is 5.91 Å². The van der Waals surface area contributed by atoms with Gasteiger partial charge in [-0.15, -0.1) is 11.8 Å². The smallest absolute Gasteiger partial charge is 0.339 e. The first-order valence-corrected chi connectivity index (χ1v) is 10.4. The number of aromatic hydroxyl groups is 1. The van der Waals surface area contributed by atoms with E-state index in [2.05, 4.69) is 10.6 Å². The van der Waals surface area contributed by atoms with Crippen LogP contribution in [0.4, 0.5) is 17.1 Å². The molecule has 0 aliphatic carbocycles. The number of carboxylic acid groups (broad SMARTS) is 1. The van der Waals surface area contributed by atoms with E-state index in [4.69, 9.17) is 5.11 Å². The van der Waals surface area contributed by atoms with Gasteiger partial charge in [-0.2, -0.15) is 0 Å². The van der Waals surface area contributed by atoms with E-state index in [1.165, 1.54) is 54.2 Å². The standard InChI is InChI=1S/C22H17N3O7S/c26-19-10-5-15(11-18(19)22(29)30)23-20(27)12-33-17-8-3-14(4-9-17)24-21(28)13-1-6-16(7-2-13)25(31)32/h1-11,26H,12H2,(H,23,27)(H,24,28)(H,29,30). The first kappa shape index (κ1) is 23.3. The molecule has 0 bridgehead atoms. The Bertz CT molecular complexity index is 1210. The number of aromatic carboxylic acids is 1. The minimum atomic E-state index is -1.31. The third kappa shape index (κ3) is 6.31. The zero-order chi connectivity index (χ0) is 24.0. The summed E-state index contributed by atoms with van der Waals surface area (Å²) in [5.41, 5.74) is 0.616. The van der Waals surface area contributed by atoms with Crippen molar-refractivity contribution in [3.63, 3.8) is 0 Å². The molecule has 0 aliphatic rings. The molecule has 0 saturated carbocycles. The predicted molar refractivity (Wildman–Crippen MR) is 122 cm³/mol. The number of hydrogen-bond donors (Lipinski definition) is 4. The molecule has 0 spiro atoms. The monoisotopic (exact) mass is 467 g/mol. The van der Waals surface area contributed by atoms with E-state index in [0.29, 0.717) is 5.69 Å². The minimum Gasteiger partial charge on any atom is -0.507 e. The number of amides is 2. The van der Waals surface area contributed by atoms with E-state index in [1.54, 1.807) is 24.3 Å². The lowest BCUT2D eigenvalue weighted by atomic mass is 10.2. The van der Waals surface area contributed by atoms with Gasteiger partial charge < -0.3 is 20.8 Å². The lowest BCUT2D eigenvalue weighted by molar-refractivity contribution is -0.384. The molecule has 11 heteroatoms. The number of rotatable bonds is 8.